The lowest BCUT2D eigenvalue weighted by atomic mass is 10.1. The molecule has 0 bridgehead atoms. The molecule has 2 aromatic carbocycles. The summed E-state index contributed by atoms with van der Waals surface area (Å²) in [4.78, 5) is 2.05. The van der Waals surface area contributed by atoms with Gasteiger partial charge in [-0.2, -0.15) is 0 Å². The van der Waals surface area contributed by atoms with E-state index in [0.29, 0.717) is 10.8 Å². The van der Waals surface area contributed by atoms with Gasteiger partial charge in [0.25, 0.3) is 0 Å². The first-order valence-corrected chi connectivity index (χ1v) is 7.32. The van der Waals surface area contributed by atoms with Gasteiger partial charge in [-0.3, -0.25) is 0 Å². The molecule has 0 saturated heterocycles. The second kappa shape index (κ2) is 4.17. The first-order chi connectivity index (χ1) is 8.29. The molecule has 0 saturated carbocycles. The number of aromatic hydroxyl groups is 1. The first kappa shape index (κ1) is 12.7. The SMILES string of the molecule is CN(C)c1ccc2c(O)cc(S(C)(=O)=O)cc2c1. The maximum Gasteiger partial charge on any atom is 0.175 e. The van der Waals surface area contributed by atoms with E-state index in [4.69, 9.17) is 0 Å². The summed E-state index contributed by atoms with van der Waals surface area (Å²) in [5, 5.41) is 11.2. The number of sulfone groups is 1. The predicted molar refractivity (Wildman–Crippen MR) is 73.0 cm³/mol. The van der Waals surface area contributed by atoms with Crippen molar-refractivity contribution >= 4 is 26.3 Å². The molecule has 0 aliphatic heterocycles. The molecular formula is C13H15NO3S. The largest absolute Gasteiger partial charge is 0.507 e. The molecular weight excluding hydrogens is 250 g/mol. The van der Waals surface area contributed by atoms with E-state index in [-0.39, 0.29) is 10.6 Å². The van der Waals surface area contributed by atoms with Crippen LogP contribution in [-0.4, -0.2) is 33.9 Å². The van der Waals surface area contributed by atoms with Gasteiger partial charge in [0.2, 0.25) is 0 Å². The van der Waals surface area contributed by atoms with Crippen molar-refractivity contribution in [2.75, 3.05) is 25.3 Å². The van der Waals surface area contributed by atoms with E-state index >= 15 is 0 Å². The van der Waals surface area contributed by atoms with E-state index in [1.54, 1.807) is 12.1 Å². The quantitative estimate of drug-likeness (QED) is 0.902. The van der Waals surface area contributed by atoms with Crippen molar-refractivity contribution in [3.8, 4) is 5.75 Å². The number of nitrogens with zero attached hydrogens (tertiary/aromatic N) is 1. The maximum absolute atomic E-state index is 11.5. The fourth-order valence-electron chi connectivity index (χ4n) is 1.80. The number of hydrogen-bond acceptors (Lipinski definition) is 4. The topological polar surface area (TPSA) is 57.6 Å². The van der Waals surface area contributed by atoms with Crippen molar-refractivity contribution in [1.29, 1.82) is 0 Å². The molecule has 0 aliphatic carbocycles. The summed E-state index contributed by atoms with van der Waals surface area (Å²) in [5.41, 5.74) is 0.951. The molecule has 0 heterocycles. The third kappa shape index (κ3) is 2.26. The minimum absolute atomic E-state index is 0.0155. The van der Waals surface area contributed by atoms with E-state index in [1.165, 1.54) is 6.07 Å². The Morgan fingerprint density at radius 2 is 1.78 bits per heavy atom. The van der Waals surface area contributed by atoms with Gasteiger partial charge in [0.05, 0.1) is 4.90 Å². The Balaban J connectivity index is 2.77. The van der Waals surface area contributed by atoms with Crippen molar-refractivity contribution in [3.05, 3.63) is 30.3 Å². The molecule has 0 fully saturated rings. The van der Waals surface area contributed by atoms with E-state index in [1.807, 2.05) is 31.1 Å². The van der Waals surface area contributed by atoms with Crippen LogP contribution in [0.1, 0.15) is 0 Å². The van der Waals surface area contributed by atoms with Gasteiger partial charge in [0.1, 0.15) is 5.75 Å². The van der Waals surface area contributed by atoms with E-state index in [0.717, 1.165) is 11.9 Å². The smallest absolute Gasteiger partial charge is 0.175 e. The second-order valence-corrected chi connectivity index (χ2v) is 6.53. The van der Waals surface area contributed by atoms with Crippen molar-refractivity contribution in [2.45, 2.75) is 4.90 Å². The summed E-state index contributed by atoms with van der Waals surface area (Å²) in [5.74, 6) is -0.0155. The standard InChI is InChI=1S/C13H15NO3S/c1-14(2)10-4-5-12-9(6-10)7-11(8-13(12)15)18(3,16)17/h4-8,15H,1-3H3. The molecule has 4 nitrogen and oxygen atoms in total. The number of rotatable bonds is 2. The third-order valence-corrected chi connectivity index (χ3v) is 3.92. The summed E-state index contributed by atoms with van der Waals surface area (Å²) in [6, 6.07) is 8.38. The van der Waals surface area contributed by atoms with Crippen LogP contribution >= 0.6 is 0 Å². The van der Waals surface area contributed by atoms with Gasteiger partial charge in [0, 0.05) is 31.4 Å². The molecule has 5 heteroatoms. The second-order valence-electron chi connectivity index (χ2n) is 4.51. The van der Waals surface area contributed by atoms with Crippen molar-refractivity contribution in [3.63, 3.8) is 0 Å². The highest BCUT2D eigenvalue weighted by Gasteiger charge is 2.11. The number of phenols is 1. The molecule has 18 heavy (non-hydrogen) atoms. The number of hydrogen-bond donors (Lipinski definition) is 1. The molecule has 0 spiro atoms. The van der Waals surface area contributed by atoms with Gasteiger partial charge in [-0.25, -0.2) is 8.42 Å². The Labute approximate surface area is 106 Å². The van der Waals surface area contributed by atoms with Crippen LogP contribution in [0.3, 0.4) is 0 Å². The van der Waals surface area contributed by atoms with Gasteiger partial charge in [-0.15, -0.1) is 0 Å². The zero-order valence-corrected chi connectivity index (χ0v) is 11.3. The molecule has 0 radical (unpaired) electrons. The van der Waals surface area contributed by atoms with Crippen molar-refractivity contribution in [2.24, 2.45) is 0 Å². The lowest BCUT2D eigenvalue weighted by molar-refractivity contribution is 0.479. The summed E-state index contributed by atoms with van der Waals surface area (Å²) < 4.78 is 23.1. The molecule has 0 atom stereocenters. The van der Waals surface area contributed by atoms with Crippen LogP contribution in [0.5, 0.6) is 5.75 Å². The molecule has 96 valence electrons. The third-order valence-electron chi connectivity index (χ3n) is 2.83. The fraction of sp³-hybridized carbons (Fsp3) is 0.231. The minimum atomic E-state index is -3.32. The lowest BCUT2D eigenvalue weighted by Gasteiger charge is -2.14. The molecule has 0 unspecified atom stereocenters. The predicted octanol–water partition coefficient (Wildman–Crippen LogP) is 2.01. The van der Waals surface area contributed by atoms with Crippen molar-refractivity contribution in [1.82, 2.24) is 0 Å². The molecule has 0 amide bonds. The average Bonchev–Trinajstić information content (AvgIpc) is 2.26. The Hall–Kier alpha value is -1.75. The number of phenolic OH excluding ortho intramolecular Hbond substituents is 1. The molecule has 0 aromatic heterocycles. The maximum atomic E-state index is 11.5. The first-order valence-electron chi connectivity index (χ1n) is 5.43. The normalized spacial score (nSPS) is 11.7. The van der Waals surface area contributed by atoms with Crippen molar-refractivity contribution < 1.29 is 13.5 Å². The van der Waals surface area contributed by atoms with Gasteiger partial charge in [-0.05, 0) is 35.7 Å². The zero-order chi connectivity index (χ0) is 13.5. The molecule has 2 aromatic rings. The number of benzene rings is 2. The van der Waals surface area contributed by atoms with Crippen LogP contribution < -0.4 is 4.90 Å². The minimum Gasteiger partial charge on any atom is -0.507 e. The Bertz CT molecular complexity index is 705. The van der Waals surface area contributed by atoms with Gasteiger partial charge >= 0.3 is 0 Å². The summed E-state index contributed by atoms with van der Waals surface area (Å²) >= 11 is 0. The summed E-state index contributed by atoms with van der Waals surface area (Å²) in [6.45, 7) is 0. The monoisotopic (exact) mass is 265 g/mol. The Morgan fingerprint density at radius 1 is 1.11 bits per heavy atom. The zero-order valence-electron chi connectivity index (χ0n) is 10.5. The summed E-state index contributed by atoms with van der Waals surface area (Å²) in [7, 11) is 0.485. The van der Waals surface area contributed by atoms with E-state index in [9.17, 15) is 13.5 Å². The molecule has 1 N–H and O–H groups in total. The van der Waals surface area contributed by atoms with Gasteiger partial charge in [0.15, 0.2) is 9.84 Å². The highest BCUT2D eigenvalue weighted by atomic mass is 32.2. The Kier molecular flexibility index (Phi) is 2.94. The highest BCUT2D eigenvalue weighted by molar-refractivity contribution is 7.90. The summed E-state index contributed by atoms with van der Waals surface area (Å²) in [6.07, 6.45) is 1.13. The molecule has 0 aliphatic rings. The van der Waals surface area contributed by atoms with Gasteiger partial charge < -0.3 is 10.0 Å². The Morgan fingerprint density at radius 3 is 2.33 bits per heavy atom. The number of anilines is 1. The number of fused-ring (bicyclic) bond motifs is 1. The van der Waals surface area contributed by atoms with E-state index < -0.39 is 9.84 Å². The van der Waals surface area contributed by atoms with Crippen LogP contribution in [0.25, 0.3) is 10.8 Å². The highest BCUT2D eigenvalue weighted by Crippen LogP contribution is 2.31. The van der Waals surface area contributed by atoms with Crippen LogP contribution in [0.15, 0.2) is 35.2 Å². The fourth-order valence-corrected chi connectivity index (χ4v) is 2.47. The van der Waals surface area contributed by atoms with E-state index in [2.05, 4.69) is 0 Å². The molecule has 2 rings (SSSR count). The lowest BCUT2D eigenvalue weighted by Crippen LogP contribution is -2.08. The van der Waals surface area contributed by atoms with Crippen LogP contribution in [0.4, 0.5) is 5.69 Å². The van der Waals surface area contributed by atoms with Crippen LogP contribution in [0.2, 0.25) is 0 Å². The van der Waals surface area contributed by atoms with Gasteiger partial charge in [-0.1, -0.05) is 0 Å². The van der Waals surface area contributed by atoms with Crippen LogP contribution in [0, 0.1) is 0 Å². The van der Waals surface area contributed by atoms with Crippen LogP contribution in [-0.2, 0) is 9.84 Å². The average molecular weight is 265 g/mol.